The molecule has 0 fully saturated rings. The van der Waals surface area contributed by atoms with Crippen LogP contribution in [0, 0.1) is 0 Å². The van der Waals surface area contributed by atoms with Crippen molar-refractivity contribution < 1.29 is 4.74 Å². The molecule has 0 spiro atoms. The molecule has 0 aliphatic carbocycles. The van der Waals surface area contributed by atoms with Crippen LogP contribution in [0.2, 0.25) is 5.28 Å². The van der Waals surface area contributed by atoms with Gasteiger partial charge in [0.15, 0.2) is 0 Å². The van der Waals surface area contributed by atoms with Crippen LogP contribution in [0.3, 0.4) is 0 Å². The molecule has 0 amide bonds. The second-order valence-electron chi connectivity index (χ2n) is 2.66. The molecule has 2 aromatic rings. The number of halogens is 2. The summed E-state index contributed by atoms with van der Waals surface area (Å²) in [4.78, 5) is 8.91. The van der Waals surface area contributed by atoms with E-state index < -0.39 is 0 Å². The highest BCUT2D eigenvalue weighted by molar-refractivity contribution is 9.10. The molecule has 2 aromatic heterocycles. The smallest absolute Gasteiger partial charge is 0.232 e. The highest BCUT2D eigenvalue weighted by Crippen LogP contribution is 2.23. The molecule has 3 nitrogen and oxygen atoms in total. The third kappa shape index (κ3) is 2.90. The fourth-order valence-electron chi connectivity index (χ4n) is 0.967. The molecule has 0 aliphatic heterocycles. The summed E-state index contributed by atoms with van der Waals surface area (Å²) in [6.45, 7) is 0.490. The third-order valence-electron chi connectivity index (χ3n) is 1.61. The standard InChI is InChI=1S/C9H6BrClN2OS/c10-7-4-12-9(11)13-8(7)14-5-6-2-1-3-15-6/h1-4H,5H2. The first-order chi connectivity index (χ1) is 7.25. The topological polar surface area (TPSA) is 35.0 Å². The molecule has 2 rings (SSSR count). The summed E-state index contributed by atoms with van der Waals surface area (Å²) in [7, 11) is 0. The zero-order valence-corrected chi connectivity index (χ0v) is 10.6. The molecule has 78 valence electrons. The van der Waals surface area contributed by atoms with E-state index in [9.17, 15) is 0 Å². The van der Waals surface area contributed by atoms with Gasteiger partial charge in [-0.2, -0.15) is 4.98 Å². The van der Waals surface area contributed by atoms with Crippen molar-refractivity contribution in [3.63, 3.8) is 0 Å². The minimum atomic E-state index is 0.180. The molecule has 0 saturated heterocycles. The fraction of sp³-hybridized carbons (Fsp3) is 0.111. The number of aromatic nitrogens is 2. The predicted molar refractivity (Wildman–Crippen MR) is 63.4 cm³/mol. The lowest BCUT2D eigenvalue weighted by molar-refractivity contribution is 0.294. The maximum absolute atomic E-state index is 5.66. The molecule has 0 unspecified atom stereocenters. The van der Waals surface area contributed by atoms with E-state index in [1.807, 2.05) is 17.5 Å². The van der Waals surface area contributed by atoms with Crippen molar-refractivity contribution in [1.82, 2.24) is 9.97 Å². The highest BCUT2D eigenvalue weighted by atomic mass is 79.9. The van der Waals surface area contributed by atoms with Crippen LogP contribution in [0.1, 0.15) is 4.88 Å². The Kier molecular flexibility index (Phi) is 3.56. The van der Waals surface area contributed by atoms with Gasteiger partial charge in [0, 0.05) is 11.1 Å². The van der Waals surface area contributed by atoms with Gasteiger partial charge in [0.05, 0.1) is 4.47 Å². The lowest BCUT2D eigenvalue weighted by Gasteiger charge is -2.04. The Hall–Kier alpha value is -0.650. The normalized spacial score (nSPS) is 10.3. The summed E-state index contributed by atoms with van der Waals surface area (Å²) in [6.07, 6.45) is 1.57. The van der Waals surface area contributed by atoms with Crippen molar-refractivity contribution in [3.8, 4) is 5.88 Å². The number of ether oxygens (including phenoxy) is 1. The predicted octanol–water partition coefficient (Wildman–Crippen LogP) is 3.53. The summed E-state index contributed by atoms with van der Waals surface area (Å²) >= 11 is 10.6. The lowest BCUT2D eigenvalue weighted by Crippen LogP contribution is -1.97. The number of thiophene rings is 1. The minimum absolute atomic E-state index is 0.180. The van der Waals surface area contributed by atoms with E-state index in [0.717, 1.165) is 4.88 Å². The number of rotatable bonds is 3. The quantitative estimate of drug-likeness (QED) is 0.814. The summed E-state index contributed by atoms with van der Waals surface area (Å²) in [5.41, 5.74) is 0. The van der Waals surface area contributed by atoms with Gasteiger partial charge in [-0.1, -0.05) is 6.07 Å². The van der Waals surface area contributed by atoms with Gasteiger partial charge in [-0.05, 0) is 39.0 Å². The summed E-state index contributed by atoms with van der Waals surface area (Å²) in [5, 5.41) is 2.18. The Balaban J connectivity index is 2.07. The number of hydrogen-bond donors (Lipinski definition) is 0. The Morgan fingerprint density at radius 1 is 1.53 bits per heavy atom. The van der Waals surface area contributed by atoms with E-state index in [4.69, 9.17) is 16.3 Å². The first-order valence-electron chi connectivity index (χ1n) is 4.09. The van der Waals surface area contributed by atoms with Crippen molar-refractivity contribution >= 4 is 38.9 Å². The van der Waals surface area contributed by atoms with E-state index >= 15 is 0 Å². The minimum Gasteiger partial charge on any atom is -0.471 e. The van der Waals surface area contributed by atoms with Gasteiger partial charge in [-0.3, -0.25) is 0 Å². The monoisotopic (exact) mass is 304 g/mol. The van der Waals surface area contributed by atoms with Gasteiger partial charge in [0.2, 0.25) is 11.2 Å². The van der Waals surface area contributed by atoms with Gasteiger partial charge in [-0.15, -0.1) is 11.3 Å². The molecule has 0 aromatic carbocycles. The Morgan fingerprint density at radius 3 is 3.13 bits per heavy atom. The molecule has 0 N–H and O–H groups in total. The Morgan fingerprint density at radius 2 is 2.40 bits per heavy atom. The molecule has 15 heavy (non-hydrogen) atoms. The fourth-order valence-corrected chi connectivity index (χ4v) is 2.01. The largest absolute Gasteiger partial charge is 0.471 e. The van der Waals surface area contributed by atoms with Crippen LogP contribution in [0.15, 0.2) is 28.2 Å². The van der Waals surface area contributed by atoms with Gasteiger partial charge >= 0.3 is 0 Å². The van der Waals surface area contributed by atoms with Gasteiger partial charge in [-0.25, -0.2) is 4.98 Å². The van der Waals surface area contributed by atoms with Crippen LogP contribution in [0.4, 0.5) is 0 Å². The molecular formula is C9H6BrClN2OS. The van der Waals surface area contributed by atoms with Crippen molar-refractivity contribution in [3.05, 3.63) is 38.3 Å². The average molecular weight is 306 g/mol. The Labute approximate surface area is 104 Å². The van der Waals surface area contributed by atoms with Crippen LogP contribution in [-0.2, 0) is 6.61 Å². The summed E-state index contributed by atoms with van der Waals surface area (Å²) < 4.78 is 6.19. The van der Waals surface area contributed by atoms with E-state index in [-0.39, 0.29) is 5.28 Å². The molecule has 6 heteroatoms. The van der Waals surface area contributed by atoms with Gasteiger partial charge < -0.3 is 4.74 Å². The SMILES string of the molecule is Clc1ncc(Br)c(OCc2cccs2)n1. The molecule has 0 aliphatic rings. The zero-order valence-electron chi connectivity index (χ0n) is 7.48. The zero-order chi connectivity index (χ0) is 10.7. The van der Waals surface area contributed by atoms with E-state index in [1.54, 1.807) is 17.5 Å². The lowest BCUT2D eigenvalue weighted by atomic mass is 10.5. The highest BCUT2D eigenvalue weighted by Gasteiger charge is 2.05. The van der Waals surface area contributed by atoms with Crippen LogP contribution in [0.5, 0.6) is 5.88 Å². The van der Waals surface area contributed by atoms with E-state index in [1.165, 1.54) is 0 Å². The molecule has 0 saturated carbocycles. The summed E-state index contributed by atoms with van der Waals surface area (Å²) in [6, 6.07) is 3.98. The number of nitrogens with zero attached hydrogens (tertiary/aromatic N) is 2. The average Bonchev–Trinajstić information content (AvgIpc) is 2.72. The second kappa shape index (κ2) is 4.92. The maximum Gasteiger partial charge on any atom is 0.232 e. The van der Waals surface area contributed by atoms with Gasteiger partial charge in [0.1, 0.15) is 6.61 Å². The van der Waals surface area contributed by atoms with Crippen molar-refractivity contribution in [1.29, 1.82) is 0 Å². The Bertz CT molecular complexity index is 449. The van der Waals surface area contributed by atoms with Crippen LogP contribution < -0.4 is 4.74 Å². The van der Waals surface area contributed by atoms with Crippen molar-refractivity contribution in [2.75, 3.05) is 0 Å². The summed E-state index contributed by atoms with van der Waals surface area (Å²) in [5.74, 6) is 0.461. The van der Waals surface area contributed by atoms with Crippen molar-refractivity contribution in [2.24, 2.45) is 0 Å². The molecule has 2 heterocycles. The maximum atomic E-state index is 5.66. The van der Waals surface area contributed by atoms with E-state index in [0.29, 0.717) is 17.0 Å². The third-order valence-corrected chi connectivity index (χ3v) is 3.19. The second-order valence-corrected chi connectivity index (χ2v) is 4.88. The molecule has 0 radical (unpaired) electrons. The molecule has 0 atom stereocenters. The van der Waals surface area contributed by atoms with E-state index in [2.05, 4.69) is 25.9 Å². The van der Waals surface area contributed by atoms with Crippen LogP contribution >= 0.6 is 38.9 Å². The van der Waals surface area contributed by atoms with Gasteiger partial charge in [0.25, 0.3) is 0 Å². The van der Waals surface area contributed by atoms with Crippen LogP contribution in [0.25, 0.3) is 0 Å². The molecular weight excluding hydrogens is 300 g/mol. The first kappa shape index (κ1) is 10.9. The number of hydrogen-bond acceptors (Lipinski definition) is 4. The van der Waals surface area contributed by atoms with Crippen LogP contribution in [-0.4, -0.2) is 9.97 Å². The van der Waals surface area contributed by atoms with Crippen molar-refractivity contribution in [2.45, 2.75) is 6.61 Å². The first-order valence-corrected chi connectivity index (χ1v) is 6.14. The molecule has 0 bridgehead atoms.